The Morgan fingerprint density at radius 2 is 1.71 bits per heavy atom. The van der Waals surface area contributed by atoms with Gasteiger partial charge in [-0.05, 0) is 68.9 Å². The molecule has 24 heavy (non-hydrogen) atoms. The molecule has 0 fully saturated rings. The molecule has 0 saturated carbocycles. The van der Waals surface area contributed by atoms with E-state index in [9.17, 15) is 5.11 Å². The molecule has 0 amide bonds. The van der Waals surface area contributed by atoms with Gasteiger partial charge in [-0.25, -0.2) is 0 Å². The average Bonchev–Trinajstić information content (AvgIpc) is 2.47. The first-order valence-corrected chi connectivity index (χ1v) is 11.9. The highest BCUT2D eigenvalue weighted by Gasteiger charge is 2.40. The van der Waals surface area contributed by atoms with Gasteiger partial charge in [-0.2, -0.15) is 0 Å². The zero-order chi connectivity index (χ0) is 18.4. The van der Waals surface area contributed by atoms with Crippen LogP contribution >= 0.6 is 0 Å². The monoisotopic (exact) mass is 350 g/mol. The maximum atomic E-state index is 9.91. The van der Waals surface area contributed by atoms with Gasteiger partial charge in [-0.1, -0.05) is 20.8 Å². The molecule has 1 aromatic carbocycles. The molecule has 1 aliphatic rings. The van der Waals surface area contributed by atoms with Crippen LogP contribution in [-0.2, 0) is 0 Å². The van der Waals surface area contributed by atoms with Crippen LogP contribution in [0.3, 0.4) is 0 Å². The summed E-state index contributed by atoms with van der Waals surface area (Å²) in [5.41, 5.74) is 4.60. The summed E-state index contributed by atoms with van der Waals surface area (Å²) in [6.07, 6.45) is 0.992. The van der Waals surface area contributed by atoms with E-state index in [-0.39, 0.29) is 23.7 Å². The van der Waals surface area contributed by atoms with Crippen molar-refractivity contribution in [2.75, 3.05) is 6.61 Å². The highest BCUT2D eigenvalue weighted by molar-refractivity contribution is 6.74. The quantitative estimate of drug-likeness (QED) is 0.757. The molecule has 2 rings (SSSR count). The van der Waals surface area contributed by atoms with Crippen LogP contribution in [0.5, 0.6) is 11.5 Å². The molecule has 1 heterocycles. The van der Waals surface area contributed by atoms with Crippen molar-refractivity contribution in [3.05, 3.63) is 22.3 Å². The molecule has 3 nitrogen and oxygen atoms in total. The van der Waals surface area contributed by atoms with Gasteiger partial charge in [0.05, 0.1) is 12.7 Å². The third kappa shape index (κ3) is 3.23. The minimum atomic E-state index is -1.93. The van der Waals surface area contributed by atoms with Crippen molar-refractivity contribution in [1.82, 2.24) is 0 Å². The lowest BCUT2D eigenvalue weighted by molar-refractivity contribution is 0.145. The molecule has 0 aliphatic carbocycles. The number of rotatable bonds is 3. The number of aliphatic hydroxyl groups excluding tert-OH is 1. The molecule has 136 valence electrons. The third-order valence-corrected chi connectivity index (χ3v) is 10.3. The predicted octanol–water partition coefficient (Wildman–Crippen LogP) is 5.24. The SMILES string of the molecule is Cc1c(C)c2c(c(C)c1O[Si](C)(C)C(C)(C)C)C(CO)CC(C)O2. The number of hydrogen-bond acceptors (Lipinski definition) is 3. The van der Waals surface area contributed by atoms with Crippen LogP contribution in [0.1, 0.15) is 62.3 Å². The predicted molar refractivity (Wildman–Crippen MR) is 103 cm³/mol. The number of aliphatic hydroxyl groups is 1. The Morgan fingerprint density at radius 1 is 1.12 bits per heavy atom. The molecular weight excluding hydrogens is 316 g/mol. The molecule has 2 unspecified atom stereocenters. The van der Waals surface area contributed by atoms with Gasteiger partial charge in [0.15, 0.2) is 0 Å². The minimum absolute atomic E-state index is 0.129. The van der Waals surface area contributed by atoms with Crippen molar-refractivity contribution in [1.29, 1.82) is 0 Å². The van der Waals surface area contributed by atoms with Gasteiger partial charge >= 0.3 is 0 Å². The smallest absolute Gasteiger partial charge is 0.250 e. The van der Waals surface area contributed by atoms with Gasteiger partial charge in [-0.15, -0.1) is 0 Å². The first kappa shape index (κ1) is 19.3. The lowest BCUT2D eigenvalue weighted by atomic mass is 9.84. The summed E-state index contributed by atoms with van der Waals surface area (Å²) in [6.45, 7) is 19.9. The van der Waals surface area contributed by atoms with Crippen molar-refractivity contribution in [3.8, 4) is 11.5 Å². The fourth-order valence-electron chi connectivity index (χ4n) is 3.25. The highest BCUT2D eigenvalue weighted by Crippen LogP contribution is 2.48. The molecule has 1 N–H and O–H groups in total. The number of ether oxygens (including phenoxy) is 1. The number of benzene rings is 1. The van der Waals surface area contributed by atoms with Gasteiger partial charge in [0, 0.05) is 11.5 Å². The first-order valence-electron chi connectivity index (χ1n) is 9.01. The molecular formula is C20H34O3Si. The van der Waals surface area contributed by atoms with E-state index in [0.29, 0.717) is 0 Å². The largest absolute Gasteiger partial charge is 0.543 e. The Hall–Kier alpha value is -1.00. The van der Waals surface area contributed by atoms with Gasteiger partial charge in [0.1, 0.15) is 11.5 Å². The zero-order valence-electron chi connectivity index (χ0n) is 16.8. The molecule has 0 bridgehead atoms. The van der Waals surface area contributed by atoms with E-state index < -0.39 is 8.32 Å². The third-order valence-electron chi connectivity index (χ3n) is 5.96. The Morgan fingerprint density at radius 3 is 2.21 bits per heavy atom. The Balaban J connectivity index is 2.62. The lowest BCUT2D eigenvalue weighted by Gasteiger charge is -2.39. The van der Waals surface area contributed by atoms with Crippen molar-refractivity contribution in [2.24, 2.45) is 0 Å². The van der Waals surface area contributed by atoms with Crippen LogP contribution in [0.25, 0.3) is 0 Å². The summed E-state index contributed by atoms with van der Waals surface area (Å²) < 4.78 is 12.8. The van der Waals surface area contributed by atoms with Crippen LogP contribution in [-0.4, -0.2) is 26.1 Å². The Bertz CT molecular complexity index is 629. The molecule has 4 heteroatoms. The topological polar surface area (TPSA) is 38.7 Å². The van der Waals surface area contributed by atoms with E-state index in [0.717, 1.165) is 34.6 Å². The molecule has 0 spiro atoms. The van der Waals surface area contributed by atoms with Crippen molar-refractivity contribution in [3.63, 3.8) is 0 Å². The van der Waals surface area contributed by atoms with E-state index in [1.54, 1.807) is 0 Å². The molecule has 0 saturated heterocycles. The van der Waals surface area contributed by atoms with Gasteiger partial charge in [-0.3, -0.25) is 0 Å². The molecule has 1 aliphatic heterocycles. The summed E-state index contributed by atoms with van der Waals surface area (Å²) in [7, 11) is -1.93. The Labute approximate surface area is 148 Å². The number of hydrogen-bond donors (Lipinski definition) is 1. The van der Waals surface area contributed by atoms with Crippen LogP contribution in [0.2, 0.25) is 18.1 Å². The first-order chi connectivity index (χ1) is 10.9. The lowest BCUT2D eigenvalue weighted by Crippen LogP contribution is -2.44. The van der Waals surface area contributed by atoms with Crippen molar-refractivity contribution >= 4 is 8.32 Å². The minimum Gasteiger partial charge on any atom is -0.543 e. The summed E-state index contributed by atoms with van der Waals surface area (Å²) in [5.74, 6) is 2.10. The van der Waals surface area contributed by atoms with Crippen LogP contribution in [0, 0.1) is 20.8 Å². The molecule has 0 aromatic heterocycles. The average molecular weight is 351 g/mol. The zero-order valence-corrected chi connectivity index (χ0v) is 17.8. The van der Waals surface area contributed by atoms with Crippen LogP contribution in [0.4, 0.5) is 0 Å². The van der Waals surface area contributed by atoms with E-state index >= 15 is 0 Å². The maximum absolute atomic E-state index is 9.91. The highest BCUT2D eigenvalue weighted by atomic mass is 28.4. The number of fused-ring (bicyclic) bond motifs is 1. The van der Waals surface area contributed by atoms with Crippen LogP contribution in [0.15, 0.2) is 0 Å². The van der Waals surface area contributed by atoms with Gasteiger partial charge in [0.2, 0.25) is 0 Å². The van der Waals surface area contributed by atoms with E-state index in [4.69, 9.17) is 9.16 Å². The summed E-state index contributed by atoms with van der Waals surface area (Å²) in [5, 5.41) is 10.1. The fourth-order valence-corrected chi connectivity index (χ4v) is 4.38. The van der Waals surface area contributed by atoms with E-state index in [2.05, 4.69) is 61.6 Å². The summed E-state index contributed by atoms with van der Waals surface area (Å²) >= 11 is 0. The van der Waals surface area contributed by atoms with Gasteiger partial charge < -0.3 is 14.3 Å². The molecule has 1 aromatic rings. The second-order valence-electron chi connectivity index (χ2n) is 8.85. The second-order valence-corrected chi connectivity index (χ2v) is 13.6. The maximum Gasteiger partial charge on any atom is 0.250 e. The summed E-state index contributed by atoms with van der Waals surface area (Å²) in [4.78, 5) is 0. The van der Waals surface area contributed by atoms with E-state index in [1.807, 2.05) is 0 Å². The molecule has 0 radical (unpaired) electrons. The van der Waals surface area contributed by atoms with Crippen molar-refractivity contribution < 1.29 is 14.3 Å². The standard InChI is InChI=1S/C20H34O3Si/c1-12-10-16(11-21)17-15(4)18(13(2)14(3)19(17)22-12)23-24(8,9)20(5,6)7/h12,16,21H,10-11H2,1-9H3. The Kier molecular flexibility index (Phi) is 5.13. The van der Waals surface area contributed by atoms with Gasteiger partial charge in [0.25, 0.3) is 8.32 Å². The molecule has 2 atom stereocenters. The van der Waals surface area contributed by atoms with Crippen LogP contribution < -0.4 is 9.16 Å². The second kappa shape index (κ2) is 6.38. The fraction of sp³-hybridized carbons (Fsp3) is 0.700. The van der Waals surface area contributed by atoms with E-state index in [1.165, 1.54) is 5.56 Å². The summed E-state index contributed by atoms with van der Waals surface area (Å²) in [6, 6.07) is 0. The normalized spacial score (nSPS) is 21.2. The van der Waals surface area contributed by atoms with Crippen molar-refractivity contribution in [2.45, 2.75) is 85.0 Å².